The SMILES string of the molecule is c1ccc(SCCSc2ncn[nH]2)cc1. The van der Waals surface area contributed by atoms with Gasteiger partial charge in [0.05, 0.1) is 0 Å². The Morgan fingerprint density at radius 1 is 1.07 bits per heavy atom. The van der Waals surface area contributed by atoms with Crippen molar-refractivity contribution in [1.82, 2.24) is 15.2 Å². The molecule has 0 atom stereocenters. The molecule has 5 heteroatoms. The first-order valence-electron chi connectivity index (χ1n) is 4.61. The molecule has 0 amide bonds. The van der Waals surface area contributed by atoms with E-state index in [1.54, 1.807) is 11.8 Å². The molecule has 1 heterocycles. The Morgan fingerprint density at radius 3 is 2.60 bits per heavy atom. The van der Waals surface area contributed by atoms with Crippen LogP contribution in [-0.4, -0.2) is 26.7 Å². The van der Waals surface area contributed by atoms with E-state index in [0.717, 1.165) is 16.7 Å². The highest BCUT2D eigenvalue weighted by Crippen LogP contribution is 2.20. The van der Waals surface area contributed by atoms with Crippen molar-refractivity contribution in [1.29, 1.82) is 0 Å². The van der Waals surface area contributed by atoms with E-state index in [2.05, 4.69) is 39.4 Å². The van der Waals surface area contributed by atoms with E-state index in [-0.39, 0.29) is 0 Å². The van der Waals surface area contributed by atoms with Crippen LogP contribution < -0.4 is 0 Å². The van der Waals surface area contributed by atoms with Gasteiger partial charge in [0.2, 0.25) is 0 Å². The number of rotatable bonds is 5. The molecule has 0 bridgehead atoms. The van der Waals surface area contributed by atoms with Crippen LogP contribution in [0.1, 0.15) is 0 Å². The van der Waals surface area contributed by atoms with Gasteiger partial charge in [-0.3, -0.25) is 5.10 Å². The van der Waals surface area contributed by atoms with Crippen molar-refractivity contribution in [3.05, 3.63) is 36.7 Å². The molecule has 0 unspecified atom stereocenters. The fourth-order valence-corrected chi connectivity index (χ4v) is 2.76. The number of benzene rings is 1. The molecular formula is C10H11N3S2. The number of aromatic nitrogens is 3. The van der Waals surface area contributed by atoms with Gasteiger partial charge in [-0.05, 0) is 12.1 Å². The fourth-order valence-electron chi connectivity index (χ4n) is 1.08. The largest absolute Gasteiger partial charge is 0.254 e. The monoisotopic (exact) mass is 237 g/mol. The Labute approximate surface area is 97.1 Å². The quantitative estimate of drug-likeness (QED) is 0.641. The molecule has 0 fully saturated rings. The average Bonchev–Trinajstić information content (AvgIpc) is 2.79. The lowest BCUT2D eigenvalue weighted by Gasteiger charge is -1.99. The van der Waals surface area contributed by atoms with Gasteiger partial charge in [0.15, 0.2) is 5.16 Å². The summed E-state index contributed by atoms with van der Waals surface area (Å²) in [5.41, 5.74) is 0. The molecule has 3 nitrogen and oxygen atoms in total. The summed E-state index contributed by atoms with van der Waals surface area (Å²) in [6, 6.07) is 10.4. The number of H-pyrrole nitrogens is 1. The van der Waals surface area contributed by atoms with E-state index in [1.165, 1.54) is 11.2 Å². The highest BCUT2D eigenvalue weighted by Gasteiger charge is 1.97. The number of thioether (sulfide) groups is 2. The van der Waals surface area contributed by atoms with Gasteiger partial charge in [0, 0.05) is 16.4 Å². The molecule has 2 rings (SSSR count). The number of hydrogen-bond acceptors (Lipinski definition) is 4. The van der Waals surface area contributed by atoms with Crippen molar-refractivity contribution in [3.8, 4) is 0 Å². The third-order valence-electron chi connectivity index (χ3n) is 1.73. The Bertz CT molecular complexity index is 375. The Balaban J connectivity index is 1.68. The van der Waals surface area contributed by atoms with E-state index in [1.807, 2.05) is 17.8 Å². The van der Waals surface area contributed by atoms with Crippen LogP contribution in [0.25, 0.3) is 0 Å². The maximum atomic E-state index is 4.05. The zero-order valence-electron chi connectivity index (χ0n) is 8.09. The highest BCUT2D eigenvalue weighted by molar-refractivity contribution is 8.02. The highest BCUT2D eigenvalue weighted by atomic mass is 32.2. The molecular weight excluding hydrogens is 226 g/mol. The van der Waals surface area contributed by atoms with Crippen LogP contribution in [0.3, 0.4) is 0 Å². The van der Waals surface area contributed by atoms with Gasteiger partial charge < -0.3 is 0 Å². The van der Waals surface area contributed by atoms with Crippen molar-refractivity contribution in [2.24, 2.45) is 0 Å². The van der Waals surface area contributed by atoms with Crippen LogP contribution in [-0.2, 0) is 0 Å². The number of aromatic amines is 1. The number of hydrogen-bond donors (Lipinski definition) is 1. The third kappa shape index (κ3) is 3.60. The fraction of sp³-hybridized carbons (Fsp3) is 0.200. The molecule has 1 N–H and O–H groups in total. The van der Waals surface area contributed by atoms with Gasteiger partial charge in [-0.15, -0.1) is 11.8 Å². The Morgan fingerprint density at radius 2 is 1.87 bits per heavy atom. The van der Waals surface area contributed by atoms with Crippen LogP contribution in [0.4, 0.5) is 0 Å². The van der Waals surface area contributed by atoms with Crippen molar-refractivity contribution in [2.45, 2.75) is 10.1 Å². The number of nitrogens with one attached hydrogen (secondary N) is 1. The molecule has 0 aliphatic heterocycles. The van der Waals surface area contributed by atoms with Crippen molar-refractivity contribution in [3.63, 3.8) is 0 Å². The molecule has 0 aliphatic carbocycles. The molecule has 0 spiro atoms. The molecule has 0 aliphatic rings. The molecule has 2 aromatic rings. The van der Waals surface area contributed by atoms with Crippen LogP contribution in [0, 0.1) is 0 Å². The summed E-state index contributed by atoms with van der Waals surface area (Å²) in [5, 5.41) is 7.52. The Hall–Kier alpha value is -0.940. The molecule has 1 aromatic heterocycles. The van der Waals surface area contributed by atoms with Gasteiger partial charge in [-0.25, -0.2) is 4.98 Å². The summed E-state index contributed by atoms with van der Waals surface area (Å²) in [6.07, 6.45) is 1.53. The molecule has 78 valence electrons. The smallest absolute Gasteiger partial charge is 0.183 e. The van der Waals surface area contributed by atoms with Gasteiger partial charge in [-0.1, -0.05) is 30.0 Å². The predicted octanol–water partition coefficient (Wildman–Crippen LogP) is 2.69. The average molecular weight is 237 g/mol. The maximum Gasteiger partial charge on any atom is 0.183 e. The summed E-state index contributed by atoms with van der Waals surface area (Å²) >= 11 is 3.56. The first-order valence-corrected chi connectivity index (χ1v) is 6.58. The van der Waals surface area contributed by atoms with Crippen LogP contribution in [0.5, 0.6) is 0 Å². The summed E-state index contributed by atoms with van der Waals surface area (Å²) in [4.78, 5) is 5.36. The van der Waals surface area contributed by atoms with E-state index in [0.29, 0.717) is 0 Å². The Kier molecular flexibility index (Phi) is 4.11. The summed E-state index contributed by atoms with van der Waals surface area (Å²) in [7, 11) is 0. The third-order valence-corrected chi connectivity index (χ3v) is 3.88. The minimum absolute atomic E-state index is 0.892. The summed E-state index contributed by atoms with van der Waals surface area (Å²) in [6.45, 7) is 0. The second kappa shape index (κ2) is 5.82. The van der Waals surface area contributed by atoms with Crippen LogP contribution in [0.15, 0.2) is 46.7 Å². The van der Waals surface area contributed by atoms with E-state index in [4.69, 9.17) is 0 Å². The maximum absolute atomic E-state index is 4.05. The lowest BCUT2D eigenvalue weighted by atomic mass is 10.4. The minimum Gasteiger partial charge on any atom is -0.254 e. The number of nitrogens with zero attached hydrogens (tertiary/aromatic N) is 2. The standard InChI is InChI=1S/C10H11N3S2/c1-2-4-9(5-3-1)14-6-7-15-10-11-8-12-13-10/h1-5,8H,6-7H2,(H,11,12,13). The minimum atomic E-state index is 0.892. The summed E-state index contributed by atoms with van der Waals surface area (Å²) < 4.78 is 0. The van der Waals surface area contributed by atoms with E-state index in [9.17, 15) is 0 Å². The predicted molar refractivity (Wildman–Crippen MR) is 64.3 cm³/mol. The lowest BCUT2D eigenvalue weighted by molar-refractivity contribution is 0.974. The molecule has 15 heavy (non-hydrogen) atoms. The molecule has 1 aromatic carbocycles. The van der Waals surface area contributed by atoms with Gasteiger partial charge in [0.25, 0.3) is 0 Å². The topological polar surface area (TPSA) is 41.6 Å². The first kappa shape index (κ1) is 10.6. The van der Waals surface area contributed by atoms with Crippen LogP contribution in [0.2, 0.25) is 0 Å². The van der Waals surface area contributed by atoms with Crippen molar-refractivity contribution >= 4 is 23.5 Å². The molecule has 0 saturated carbocycles. The second-order valence-corrected chi connectivity index (χ2v) is 5.05. The van der Waals surface area contributed by atoms with E-state index < -0.39 is 0 Å². The second-order valence-electron chi connectivity index (χ2n) is 2.80. The van der Waals surface area contributed by atoms with Gasteiger partial charge >= 0.3 is 0 Å². The normalized spacial score (nSPS) is 10.4. The zero-order chi connectivity index (χ0) is 10.3. The summed E-state index contributed by atoms with van der Waals surface area (Å²) in [5.74, 6) is 2.12. The van der Waals surface area contributed by atoms with Crippen molar-refractivity contribution < 1.29 is 0 Å². The lowest BCUT2D eigenvalue weighted by Crippen LogP contribution is -1.85. The van der Waals surface area contributed by atoms with Crippen LogP contribution >= 0.6 is 23.5 Å². The molecule has 0 radical (unpaired) electrons. The van der Waals surface area contributed by atoms with E-state index >= 15 is 0 Å². The van der Waals surface area contributed by atoms with Gasteiger partial charge in [0.1, 0.15) is 6.33 Å². The first-order chi connectivity index (χ1) is 7.45. The van der Waals surface area contributed by atoms with Crippen molar-refractivity contribution in [2.75, 3.05) is 11.5 Å². The van der Waals surface area contributed by atoms with Gasteiger partial charge in [-0.2, -0.15) is 5.10 Å². The molecule has 0 saturated heterocycles. The zero-order valence-corrected chi connectivity index (χ0v) is 9.72.